The van der Waals surface area contributed by atoms with Crippen LogP contribution in [0.4, 0.5) is 5.69 Å². The Kier molecular flexibility index (Phi) is 4.22. The molecule has 0 aromatic carbocycles. The van der Waals surface area contributed by atoms with Crippen LogP contribution in [0.2, 0.25) is 0 Å². The molecule has 0 spiro atoms. The summed E-state index contributed by atoms with van der Waals surface area (Å²) in [7, 11) is 0. The number of rotatable bonds is 5. The average Bonchev–Trinajstić information content (AvgIpc) is 2.79. The SMILES string of the molecule is OCCCNc1cnn(C2CCCCC2)c1. The minimum atomic E-state index is 0.240. The highest BCUT2D eigenvalue weighted by Crippen LogP contribution is 2.28. The lowest BCUT2D eigenvalue weighted by Gasteiger charge is -2.21. The van der Waals surface area contributed by atoms with Gasteiger partial charge in [0.25, 0.3) is 0 Å². The third-order valence-corrected chi connectivity index (χ3v) is 3.21. The van der Waals surface area contributed by atoms with Gasteiger partial charge in [-0.05, 0) is 19.3 Å². The van der Waals surface area contributed by atoms with Crippen LogP contribution in [0.5, 0.6) is 0 Å². The van der Waals surface area contributed by atoms with Gasteiger partial charge in [0.1, 0.15) is 0 Å². The summed E-state index contributed by atoms with van der Waals surface area (Å²) in [5.41, 5.74) is 1.07. The summed E-state index contributed by atoms with van der Waals surface area (Å²) in [6.45, 7) is 1.05. The maximum absolute atomic E-state index is 8.69. The first-order chi connectivity index (χ1) is 7.90. The summed E-state index contributed by atoms with van der Waals surface area (Å²) in [4.78, 5) is 0. The van der Waals surface area contributed by atoms with Crippen molar-refractivity contribution >= 4 is 5.69 Å². The van der Waals surface area contributed by atoms with Gasteiger partial charge in [-0.1, -0.05) is 19.3 Å². The molecule has 1 aliphatic carbocycles. The fourth-order valence-corrected chi connectivity index (χ4v) is 2.29. The third-order valence-electron chi connectivity index (χ3n) is 3.21. The molecule has 2 N–H and O–H groups in total. The summed E-state index contributed by atoms with van der Waals surface area (Å²) < 4.78 is 2.10. The van der Waals surface area contributed by atoms with E-state index in [-0.39, 0.29) is 6.61 Å². The molecule has 0 radical (unpaired) electrons. The summed E-state index contributed by atoms with van der Waals surface area (Å²) in [5, 5.41) is 16.4. The van der Waals surface area contributed by atoms with Crippen molar-refractivity contribution in [3.63, 3.8) is 0 Å². The molecule has 16 heavy (non-hydrogen) atoms. The predicted molar refractivity (Wildman–Crippen MR) is 64.5 cm³/mol. The van der Waals surface area contributed by atoms with Gasteiger partial charge in [0, 0.05) is 19.3 Å². The highest BCUT2D eigenvalue weighted by Gasteiger charge is 2.15. The van der Waals surface area contributed by atoms with Crippen LogP contribution in [0.25, 0.3) is 0 Å². The van der Waals surface area contributed by atoms with Crippen LogP contribution in [-0.2, 0) is 0 Å². The fraction of sp³-hybridized carbons (Fsp3) is 0.750. The molecule has 1 aliphatic rings. The van der Waals surface area contributed by atoms with Crippen LogP contribution in [0.15, 0.2) is 12.4 Å². The molecule has 0 unspecified atom stereocenters. The summed E-state index contributed by atoms with van der Waals surface area (Å²) in [6.07, 6.45) is 11.3. The van der Waals surface area contributed by atoms with Crippen LogP contribution in [0.3, 0.4) is 0 Å². The summed E-state index contributed by atoms with van der Waals surface area (Å²) in [5.74, 6) is 0. The molecule has 1 aromatic heterocycles. The van der Waals surface area contributed by atoms with Crippen LogP contribution < -0.4 is 5.32 Å². The molecule has 0 saturated heterocycles. The molecular formula is C12H21N3O. The predicted octanol–water partition coefficient (Wildman–Crippen LogP) is 2.18. The number of anilines is 1. The van der Waals surface area contributed by atoms with E-state index in [4.69, 9.17) is 5.11 Å². The second-order valence-electron chi connectivity index (χ2n) is 4.50. The van der Waals surface area contributed by atoms with Crippen LogP contribution in [-0.4, -0.2) is 28.0 Å². The highest BCUT2D eigenvalue weighted by atomic mass is 16.3. The monoisotopic (exact) mass is 223 g/mol. The lowest BCUT2D eigenvalue weighted by atomic mass is 9.96. The van der Waals surface area contributed by atoms with Crippen molar-refractivity contribution in [3.05, 3.63) is 12.4 Å². The zero-order valence-corrected chi connectivity index (χ0v) is 9.73. The first-order valence-electron chi connectivity index (χ1n) is 6.29. The van der Waals surface area contributed by atoms with Crippen molar-refractivity contribution in [2.45, 2.75) is 44.6 Å². The van der Waals surface area contributed by atoms with Gasteiger partial charge in [-0.3, -0.25) is 4.68 Å². The minimum Gasteiger partial charge on any atom is -0.396 e. The zero-order valence-electron chi connectivity index (χ0n) is 9.73. The van der Waals surface area contributed by atoms with Crippen LogP contribution >= 0.6 is 0 Å². The van der Waals surface area contributed by atoms with Crippen molar-refractivity contribution in [2.75, 3.05) is 18.5 Å². The van der Waals surface area contributed by atoms with E-state index >= 15 is 0 Å². The van der Waals surface area contributed by atoms with Gasteiger partial charge in [0.15, 0.2) is 0 Å². The van der Waals surface area contributed by atoms with Crippen molar-refractivity contribution in [1.29, 1.82) is 0 Å². The molecule has 0 aliphatic heterocycles. The fourth-order valence-electron chi connectivity index (χ4n) is 2.29. The molecule has 90 valence electrons. The van der Waals surface area contributed by atoms with E-state index in [1.54, 1.807) is 0 Å². The van der Waals surface area contributed by atoms with E-state index in [0.717, 1.165) is 18.7 Å². The Bertz CT molecular complexity index is 305. The molecule has 4 heteroatoms. The number of aromatic nitrogens is 2. The number of hydrogen-bond acceptors (Lipinski definition) is 3. The first-order valence-corrected chi connectivity index (χ1v) is 6.29. The Morgan fingerprint density at radius 1 is 1.38 bits per heavy atom. The Labute approximate surface area is 96.7 Å². The Balaban J connectivity index is 1.85. The summed E-state index contributed by atoms with van der Waals surface area (Å²) >= 11 is 0. The molecule has 0 amide bonds. The Hall–Kier alpha value is -1.03. The van der Waals surface area contributed by atoms with Gasteiger partial charge in [0.05, 0.1) is 17.9 Å². The molecule has 1 saturated carbocycles. The molecule has 4 nitrogen and oxygen atoms in total. The highest BCUT2D eigenvalue weighted by molar-refractivity contribution is 5.38. The quantitative estimate of drug-likeness (QED) is 0.752. The summed E-state index contributed by atoms with van der Waals surface area (Å²) in [6, 6.07) is 0.599. The van der Waals surface area contributed by atoms with Crippen LogP contribution in [0, 0.1) is 0 Å². The number of aliphatic hydroxyl groups excluding tert-OH is 1. The standard InChI is InChI=1S/C12H21N3O/c16-8-4-7-13-11-9-14-15(10-11)12-5-2-1-3-6-12/h9-10,12-13,16H,1-8H2. The molecule has 0 bridgehead atoms. The van der Waals surface area contributed by atoms with E-state index in [0.29, 0.717) is 6.04 Å². The van der Waals surface area contributed by atoms with Gasteiger partial charge in [-0.15, -0.1) is 0 Å². The second-order valence-corrected chi connectivity index (χ2v) is 4.50. The van der Waals surface area contributed by atoms with Crippen molar-refractivity contribution in [1.82, 2.24) is 9.78 Å². The van der Waals surface area contributed by atoms with E-state index in [1.807, 2.05) is 6.20 Å². The molecule has 1 heterocycles. The molecule has 1 aromatic rings. The lowest BCUT2D eigenvalue weighted by molar-refractivity contribution is 0.292. The minimum absolute atomic E-state index is 0.240. The molecule has 1 fully saturated rings. The maximum atomic E-state index is 8.69. The topological polar surface area (TPSA) is 50.1 Å². The van der Waals surface area contributed by atoms with Crippen molar-refractivity contribution < 1.29 is 5.11 Å². The number of nitrogens with one attached hydrogen (secondary N) is 1. The number of hydrogen-bond donors (Lipinski definition) is 2. The average molecular weight is 223 g/mol. The van der Waals surface area contributed by atoms with Gasteiger partial charge in [0.2, 0.25) is 0 Å². The maximum Gasteiger partial charge on any atom is 0.0726 e. The van der Waals surface area contributed by atoms with E-state index in [2.05, 4.69) is 21.3 Å². The molecule has 0 atom stereocenters. The Morgan fingerprint density at radius 2 is 2.19 bits per heavy atom. The van der Waals surface area contributed by atoms with E-state index in [9.17, 15) is 0 Å². The first kappa shape index (κ1) is 11.5. The van der Waals surface area contributed by atoms with Gasteiger partial charge in [-0.25, -0.2) is 0 Å². The number of aliphatic hydroxyl groups is 1. The van der Waals surface area contributed by atoms with Gasteiger partial charge in [-0.2, -0.15) is 5.10 Å². The third kappa shape index (κ3) is 2.98. The van der Waals surface area contributed by atoms with Gasteiger partial charge >= 0.3 is 0 Å². The van der Waals surface area contributed by atoms with E-state index in [1.165, 1.54) is 32.1 Å². The largest absolute Gasteiger partial charge is 0.396 e. The zero-order chi connectivity index (χ0) is 11.2. The molecule has 2 rings (SSSR count). The normalized spacial score (nSPS) is 17.6. The van der Waals surface area contributed by atoms with Gasteiger partial charge < -0.3 is 10.4 Å². The van der Waals surface area contributed by atoms with Crippen molar-refractivity contribution in [2.24, 2.45) is 0 Å². The number of nitrogens with zero attached hydrogens (tertiary/aromatic N) is 2. The smallest absolute Gasteiger partial charge is 0.0726 e. The molecular weight excluding hydrogens is 202 g/mol. The van der Waals surface area contributed by atoms with Crippen LogP contribution in [0.1, 0.15) is 44.6 Å². The van der Waals surface area contributed by atoms with Crippen molar-refractivity contribution in [3.8, 4) is 0 Å². The van der Waals surface area contributed by atoms with E-state index < -0.39 is 0 Å². The lowest BCUT2D eigenvalue weighted by Crippen LogP contribution is -2.13. The second kappa shape index (κ2) is 5.89. The Morgan fingerprint density at radius 3 is 2.94 bits per heavy atom.